The molecular weight excluding hydrogens is 172 g/mol. The summed E-state index contributed by atoms with van der Waals surface area (Å²) in [7, 11) is 0. The fourth-order valence-corrected chi connectivity index (χ4v) is 1.52. The quantitative estimate of drug-likeness (QED) is 0.609. The van der Waals surface area contributed by atoms with Crippen LogP contribution in [0.15, 0.2) is 0 Å². The molecule has 0 aromatic rings. The molecule has 1 rings (SSSR count). The zero-order valence-corrected chi connectivity index (χ0v) is 8.49. The van der Waals surface area contributed by atoms with Gasteiger partial charge in [0.05, 0.1) is 13.2 Å². The average Bonchev–Trinajstić information content (AvgIpc) is 2.05. The standard InChI is InChI=1S/C8H16N2OS/c1-7(2)9-8(12)10-3-5-11-6-4-10/h7H,3-6H2,1-2H3,(H,9,12). The number of ether oxygens (including phenoxy) is 1. The summed E-state index contributed by atoms with van der Waals surface area (Å²) in [6, 6.07) is 0.417. The molecular formula is C8H16N2OS. The van der Waals surface area contributed by atoms with E-state index in [9.17, 15) is 0 Å². The molecule has 0 atom stereocenters. The summed E-state index contributed by atoms with van der Waals surface area (Å²) < 4.78 is 5.23. The molecule has 0 unspecified atom stereocenters. The van der Waals surface area contributed by atoms with Crippen molar-refractivity contribution in [2.45, 2.75) is 19.9 Å². The number of hydrogen-bond acceptors (Lipinski definition) is 2. The van der Waals surface area contributed by atoms with Crippen molar-refractivity contribution in [2.75, 3.05) is 26.3 Å². The molecule has 70 valence electrons. The normalized spacial score (nSPS) is 18.1. The molecule has 3 nitrogen and oxygen atoms in total. The molecule has 12 heavy (non-hydrogen) atoms. The molecule has 0 aromatic heterocycles. The van der Waals surface area contributed by atoms with E-state index in [-0.39, 0.29) is 0 Å². The molecule has 0 radical (unpaired) electrons. The van der Waals surface area contributed by atoms with Crippen molar-refractivity contribution in [3.8, 4) is 0 Å². The van der Waals surface area contributed by atoms with Crippen LogP contribution in [-0.2, 0) is 4.74 Å². The number of hydrogen-bond donors (Lipinski definition) is 1. The molecule has 4 heteroatoms. The summed E-state index contributed by atoms with van der Waals surface area (Å²) in [5.74, 6) is 0. The van der Waals surface area contributed by atoms with Crippen molar-refractivity contribution in [1.29, 1.82) is 0 Å². The lowest BCUT2D eigenvalue weighted by Crippen LogP contribution is -2.47. The highest BCUT2D eigenvalue weighted by Gasteiger charge is 2.13. The zero-order chi connectivity index (χ0) is 8.97. The van der Waals surface area contributed by atoms with Gasteiger partial charge in [0, 0.05) is 19.1 Å². The molecule has 0 amide bonds. The van der Waals surface area contributed by atoms with Crippen LogP contribution in [0.2, 0.25) is 0 Å². The maximum Gasteiger partial charge on any atom is 0.169 e. The lowest BCUT2D eigenvalue weighted by Gasteiger charge is -2.30. The summed E-state index contributed by atoms with van der Waals surface area (Å²) in [6.45, 7) is 7.59. The van der Waals surface area contributed by atoms with Crippen molar-refractivity contribution in [2.24, 2.45) is 0 Å². The van der Waals surface area contributed by atoms with Gasteiger partial charge in [-0.05, 0) is 26.1 Å². The predicted molar refractivity (Wildman–Crippen MR) is 53.3 cm³/mol. The number of rotatable bonds is 1. The van der Waals surface area contributed by atoms with E-state index in [0.717, 1.165) is 31.4 Å². The monoisotopic (exact) mass is 188 g/mol. The van der Waals surface area contributed by atoms with Crippen LogP contribution >= 0.6 is 12.2 Å². The minimum absolute atomic E-state index is 0.417. The van der Waals surface area contributed by atoms with E-state index in [1.807, 2.05) is 0 Å². The van der Waals surface area contributed by atoms with Crippen LogP contribution in [0.3, 0.4) is 0 Å². The van der Waals surface area contributed by atoms with Crippen LogP contribution in [-0.4, -0.2) is 42.4 Å². The third kappa shape index (κ3) is 2.95. The summed E-state index contributed by atoms with van der Waals surface area (Å²) >= 11 is 5.21. The molecule has 1 aliphatic rings. The number of nitrogens with one attached hydrogen (secondary N) is 1. The van der Waals surface area contributed by atoms with Gasteiger partial charge in [0.25, 0.3) is 0 Å². The van der Waals surface area contributed by atoms with E-state index in [1.54, 1.807) is 0 Å². The number of nitrogens with zero attached hydrogens (tertiary/aromatic N) is 1. The van der Waals surface area contributed by atoms with E-state index in [2.05, 4.69) is 24.1 Å². The molecule has 1 N–H and O–H groups in total. The molecule has 0 aromatic carbocycles. The van der Waals surface area contributed by atoms with Gasteiger partial charge in [0.15, 0.2) is 5.11 Å². The van der Waals surface area contributed by atoms with Gasteiger partial charge in [-0.3, -0.25) is 0 Å². The first-order valence-electron chi connectivity index (χ1n) is 4.33. The van der Waals surface area contributed by atoms with Crippen LogP contribution in [0, 0.1) is 0 Å². The third-order valence-electron chi connectivity index (χ3n) is 1.71. The lowest BCUT2D eigenvalue weighted by atomic mass is 10.4. The molecule has 0 spiro atoms. The van der Waals surface area contributed by atoms with E-state index < -0.39 is 0 Å². The Kier molecular flexibility index (Phi) is 3.75. The van der Waals surface area contributed by atoms with Crippen LogP contribution in [0.5, 0.6) is 0 Å². The van der Waals surface area contributed by atoms with E-state index >= 15 is 0 Å². The molecule has 1 fully saturated rings. The highest BCUT2D eigenvalue weighted by Crippen LogP contribution is 1.97. The summed E-state index contributed by atoms with van der Waals surface area (Å²) in [6.07, 6.45) is 0. The van der Waals surface area contributed by atoms with Gasteiger partial charge in [-0.2, -0.15) is 0 Å². The van der Waals surface area contributed by atoms with Crippen molar-refractivity contribution < 1.29 is 4.74 Å². The second kappa shape index (κ2) is 4.62. The summed E-state index contributed by atoms with van der Waals surface area (Å²) in [4.78, 5) is 2.15. The molecule has 1 aliphatic heterocycles. The molecule has 0 saturated carbocycles. The highest BCUT2D eigenvalue weighted by molar-refractivity contribution is 7.80. The van der Waals surface area contributed by atoms with Gasteiger partial charge in [-0.1, -0.05) is 0 Å². The third-order valence-corrected chi connectivity index (χ3v) is 2.09. The molecule has 1 saturated heterocycles. The summed E-state index contributed by atoms with van der Waals surface area (Å²) in [5, 5.41) is 4.07. The first-order valence-corrected chi connectivity index (χ1v) is 4.74. The average molecular weight is 188 g/mol. The van der Waals surface area contributed by atoms with Crippen LogP contribution in [0.1, 0.15) is 13.8 Å². The Morgan fingerprint density at radius 2 is 2.00 bits per heavy atom. The second-order valence-corrected chi connectivity index (χ2v) is 3.59. The largest absolute Gasteiger partial charge is 0.378 e. The van der Waals surface area contributed by atoms with E-state index in [4.69, 9.17) is 17.0 Å². The van der Waals surface area contributed by atoms with Crippen molar-refractivity contribution in [3.05, 3.63) is 0 Å². The number of thiocarbonyl (C=S) groups is 1. The maximum atomic E-state index is 5.23. The minimum atomic E-state index is 0.417. The zero-order valence-electron chi connectivity index (χ0n) is 7.67. The Labute approximate surface area is 79.1 Å². The second-order valence-electron chi connectivity index (χ2n) is 3.20. The van der Waals surface area contributed by atoms with E-state index in [0.29, 0.717) is 6.04 Å². The Bertz CT molecular complexity index is 155. The Morgan fingerprint density at radius 1 is 1.42 bits per heavy atom. The van der Waals surface area contributed by atoms with Crippen LogP contribution in [0.25, 0.3) is 0 Å². The summed E-state index contributed by atoms with van der Waals surface area (Å²) in [5.41, 5.74) is 0. The Morgan fingerprint density at radius 3 is 2.50 bits per heavy atom. The van der Waals surface area contributed by atoms with Crippen molar-refractivity contribution >= 4 is 17.3 Å². The van der Waals surface area contributed by atoms with Crippen LogP contribution in [0.4, 0.5) is 0 Å². The van der Waals surface area contributed by atoms with Gasteiger partial charge in [-0.15, -0.1) is 0 Å². The first-order chi connectivity index (χ1) is 5.70. The SMILES string of the molecule is CC(C)NC(=S)N1CCOCC1. The topological polar surface area (TPSA) is 24.5 Å². The highest BCUT2D eigenvalue weighted by atomic mass is 32.1. The minimum Gasteiger partial charge on any atom is -0.378 e. The smallest absolute Gasteiger partial charge is 0.169 e. The lowest BCUT2D eigenvalue weighted by molar-refractivity contribution is 0.0675. The van der Waals surface area contributed by atoms with Gasteiger partial charge in [-0.25, -0.2) is 0 Å². The molecule has 1 heterocycles. The van der Waals surface area contributed by atoms with Crippen molar-refractivity contribution in [3.63, 3.8) is 0 Å². The van der Waals surface area contributed by atoms with Gasteiger partial charge in [0.1, 0.15) is 0 Å². The Hall–Kier alpha value is -0.350. The van der Waals surface area contributed by atoms with Crippen LogP contribution < -0.4 is 5.32 Å². The van der Waals surface area contributed by atoms with Gasteiger partial charge < -0.3 is 15.0 Å². The fourth-order valence-electron chi connectivity index (χ4n) is 1.10. The van der Waals surface area contributed by atoms with E-state index in [1.165, 1.54) is 0 Å². The molecule has 0 aliphatic carbocycles. The fraction of sp³-hybridized carbons (Fsp3) is 0.875. The predicted octanol–water partition coefficient (Wildman–Crippen LogP) is 0.601. The van der Waals surface area contributed by atoms with Crippen molar-refractivity contribution in [1.82, 2.24) is 10.2 Å². The number of morpholine rings is 1. The first kappa shape index (κ1) is 9.74. The van der Waals surface area contributed by atoms with Gasteiger partial charge in [0.2, 0.25) is 0 Å². The maximum absolute atomic E-state index is 5.23. The van der Waals surface area contributed by atoms with Gasteiger partial charge >= 0.3 is 0 Å². The Balaban J connectivity index is 2.30. The molecule has 0 bridgehead atoms.